The Kier molecular flexibility index (Phi) is 6.44. The predicted octanol–water partition coefficient (Wildman–Crippen LogP) is 4.92. The third kappa shape index (κ3) is 4.17. The van der Waals surface area contributed by atoms with Crippen LogP contribution in [0.2, 0.25) is 0 Å². The van der Waals surface area contributed by atoms with E-state index in [0.29, 0.717) is 12.2 Å². The minimum absolute atomic E-state index is 0.163. The maximum absolute atomic E-state index is 12.2. The van der Waals surface area contributed by atoms with Crippen molar-refractivity contribution in [2.24, 2.45) is 17.3 Å². The van der Waals surface area contributed by atoms with Gasteiger partial charge in [0.1, 0.15) is 17.5 Å². The molecule has 1 unspecified atom stereocenters. The lowest BCUT2D eigenvalue weighted by molar-refractivity contribution is -0.240. The summed E-state index contributed by atoms with van der Waals surface area (Å²) in [5, 5.41) is 0. The van der Waals surface area contributed by atoms with E-state index in [1.165, 1.54) is 19.4 Å². The second kappa shape index (κ2) is 9.26. The van der Waals surface area contributed by atoms with Gasteiger partial charge >= 0.3 is 11.9 Å². The molecule has 0 bridgehead atoms. The summed E-state index contributed by atoms with van der Waals surface area (Å²) >= 11 is 0. The number of fused-ring (bicyclic) bond motifs is 5. The van der Waals surface area contributed by atoms with Crippen LogP contribution in [-0.4, -0.2) is 36.5 Å². The number of benzene rings is 1. The standard InChI is InChI=1S/C29H36O6/c1-5-29(35-26-8-6-7-15-32-26)14-12-24-27-23(11-13-28(24,29)4)22-10-9-21(33-18(2)30)16-20(22)17-25(27)34-19(3)31/h1,9-10,16,23-27H,6-8,11-15,17H2,2-4H3/t23-,24+,25-,26?,27-,28+,29+/m1/s1. The number of carbonyl (C=O) groups excluding carboxylic acids is 2. The lowest BCUT2D eigenvalue weighted by Crippen LogP contribution is -2.55. The number of ether oxygens (including phenoxy) is 4. The molecule has 6 heteroatoms. The third-order valence-corrected chi connectivity index (χ3v) is 9.10. The lowest BCUT2D eigenvalue weighted by Gasteiger charge is -2.55. The maximum Gasteiger partial charge on any atom is 0.308 e. The van der Waals surface area contributed by atoms with Gasteiger partial charge in [-0.3, -0.25) is 9.59 Å². The fraction of sp³-hybridized carbons (Fsp3) is 0.655. The van der Waals surface area contributed by atoms with Crippen LogP contribution < -0.4 is 4.74 Å². The molecular formula is C29H36O6. The van der Waals surface area contributed by atoms with Crippen LogP contribution in [0, 0.1) is 29.6 Å². The van der Waals surface area contributed by atoms with E-state index in [1.807, 2.05) is 12.1 Å². The van der Waals surface area contributed by atoms with E-state index in [2.05, 4.69) is 18.9 Å². The number of carbonyl (C=O) groups is 2. The fourth-order valence-corrected chi connectivity index (χ4v) is 7.61. The van der Waals surface area contributed by atoms with Crippen LogP contribution in [0.1, 0.15) is 82.8 Å². The average molecular weight is 481 g/mol. The van der Waals surface area contributed by atoms with Gasteiger partial charge in [-0.05, 0) is 80.0 Å². The summed E-state index contributed by atoms with van der Waals surface area (Å²) in [5.74, 6) is 3.71. The first-order chi connectivity index (χ1) is 16.8. The summed E-state index contributed by atoms with van der Waals surface area (Å²) in [7, 11) is 0. The second-order valence-corrected chi connectivity index (χ2v) is 11.0. The molecule has 6 nitrogen and oxygen atoms in total. The highest BCUT2D eigenvalue weighted by molar-refractivity contribution is 5.69. The van der Waals surface area contributed by atoms with Crippen molar-refractivity contribution in [3.63, 3.8) is 0 Å². The van der Waals surface area contributed by atoms with Gasteiger partial charge in [0, 0.05) is 38.2 Å². The Morgan fingerprint density at radius 1 is 1.11 bits per heavy atom. The second-order valence-electron chi connectivity index (χ2n) is 11.0. The highest BCUT2D eigenvalue weighted by Gasteiger charge is 2.65. The predicted molar refractivity (Wildman–Crippen MR) is 130 cm³/mol. The van der Waals surface area contributed by atoms with Crippen LogP contribution in [0.5, 0.6) is 5.75 Å². The topological polar surface area (TPSA) is 71.1 Å². The molecule has 7 atom stereocenters. The molecule has 5 rings (SSSR count). The van der Waals surface area contributed by atoms with E-state index in [-0.39, 0.29) is 47.5 Å². The van der Waals surface area contributed by atoms with Crippen molar-refractivity contribution < 1.29 is 28.5 Å². The third-order valence-electron chi connectivity index (χ3n) is 9.10. The van der Waals surface area contributed by atoms with E-state index in [1.54, 1.807) is 0 Å². The van der Waals surface area contributed by atoms with Crippen molar-refractivity contribution in [1.29, 1.82) is 0 Å². The van der Waals surface area contributed by atoms with Gasteiger partial charge in [-0.2, -0.15) is 0 Å². The van der Waals surface area contributed by atoms with Crippen LogP contribution in [0.15, 0.2) is 18.2 Å². The highest BCUT2D eigenvalue weighted by atomic mass is 16.7. The zero-order valence-electron chi connectivity index (χ0n) is 21.0. The van der Waals surface area contributed by atoms with Gasteiger partial charge in [-0.15, -0.1) is 6.42 Å². The molecule has 3 fully saturated rings. The SMILES string of the molecule is C#C[C@]1(OC2CCCCO2)CC[C@H]2[C@H]3[C@H](CC[C@@]21C)c1ccc(OC(C)=O)cc1C[C@H]3OC(C)=O. The molecule has 3 aliphatic carbocycles. The van der Waals surface area contributed by atoms with Gasteiger partial charge < -0.3 is 18.9 Å². The van der Waals surface area contributed by atoms with Gasteiger partial charge in [0.15, 0.2) is 6.29 Å². The highest BCUT2D eigenvalue weighted by Crippen LogP contribution is 2.65. The van der Waals surface area contributed by atoms with E-state index in [0.717, 1.165) is 57.1 Å². The number of hydrogen-bond donors (Lipinski definition) is 0. The maximum atomic E-state index is 12.2. The molecule has 0 radical (unpaired) electrons. The molecule has 1 aromatic rings. The summed E-state index contributed by atoms with van der Waals surface area (Å²) in [6.45, 7) is 5.88. The van der Waals surface area contributed by atoms with Crippen LogP contribution in [0.4, 0.5) is 0 Å². The molecule has 0 spiro atoms. The summed E-state index contributed by atoms with van der Waals surface area (Å²) in [4.78, 5) is 23.6. The first-order valence-corrected chi connectivity index (χ1v) is 13.0. The quantitative estimate of drug-likeness (QED) is 0.346. The van der Waals surface area contributed by atoms with Gasteiger partial charge in [-0.25, -0.2) is 0 Å². The minimum Gasteiger partial charge on any atom is -0.462 e. The normalized spacial score (nSPS) is 37.8. The zero-order chi connectivity index (χ0) is 24.8. The molecule has 1 aliphatic heterocycles. The average Bonchev–Trinajstić information content (AvgIpc) is 3.11. The van der Waals surface area contributed by atoms with Crippen LogP contribution in [0.25, 0.3) is 0 Å². The van der Waals surface area contributed by atoms with Gasteiger partial charge in [0.25, 0.3) is 0 Å². The summed E-state index contributed by atoms with van der Waals surface area (Å²) in [5.41, 5.74) is 1.46. The molecule has 4 aliphatic rings. The van der Waals surface area contributed by atoms with Gasteiger partial charge in [0.2, 0.25) is 0 Å². The van der Waals surface area contributed by atoms with E-state index < -0.39 is 5.60 Å². The van der Waals surface area contributed by atoms with Crippen molar-refractivity contribution in [3.8, 4) is 18.1 Å². The van der Waals surface area contributed by atoms with Crippen molar-refractivity contribution in [2.45, 2.75) is 96.1 Å². The van der Waals surface area contributed by atoms with E-state index in [4.69, 9.17) is 25.4 Å². The Hall–Kier alpha value is -2.36. The van der Waals surface area contributed by atoms with E-state index >= 15 is 0 Å². The number of hydrogen-bond acceptors (Lipinski definition) is 6. The molecule has 2 saturated carbocycles. The van der Waals surface area contributed by atoms with E-state index in [9.17, 15) is 9.59 Å². The number of terminal acetylenes is 1. The van der Waals surface area contributed by atoms with Crippen LogP contribution in [0.3, 0.4) is 0 Å². The molecule has 35 heavy (non-hydrogen) atoms. The Labute approximate surface area is 208 Å². The largest absolute Gasteiger partial charge is 0.462 e. The Morgan fingerprint density at radius 3 is 2.63 bits per heavy atom. The number of rotatable bonds is 4. The molecular weight excluding hydrogens is 444 g/mol. The van der Waals surface area contributed by atoms with Crippen molar-refractivity contribution >= 4 is 11.9 Å². The monoisotopic (exact) mass is 480 g/mol. The first kappa shape index (κ1) is 24.3. The van der Waals surface area contributed by atoms with Crippen molar-refractivity contribution in [2.75, 3.05) is 6.61 Å². The van der Waals surface area contributed by atoms with Gasteiger partial charge in [-0.1, -0.05) is 18.9 Å². The van der Waals surface area contributed by atoms with Crippen LogP contribution in [-0.2, 0) is 30.2 Å². The zero-order valence-corrected chi connectivity index (χ0v) is 21.0. The van der Waals surface area contributed by atoms with Gasteiger partial charge in [0.05, 0.1) is 0 Å². The minimum atomic E-state index is -0.676. The Balaban J connectivity index is 1.49. The molecule has 0 aromatic heterocycles. The Bertz CT molecular complexity index is 1040. The first-order valence-electron chi connectivity index (χ1n) is 13.0. The molecule has 0 N–H and O–H groups in total. The molecule has 1 heterocycles. The summed E-state index contributed by atoms with van der Waals surface area (Å²) in [6.07, 6.45) is 13.0. The van der Waals surface area contributed by atoms with Crippen molar-refractivity contribution in [3.05, 3.63) is 29.3 Å². The summed E-state index contributed by atoms with van der Waals surface area (Å²) in [6, 6.07) is 5.90. The summed E-state index contributed by atoms with van der Waals surface area (Å²) < 4.78 is 23.9. The van der Waals surface area contributed by atoms with Crippen molar-refractivity contribution in [1.82, 2.24) is 0 Å². The molecule has 1 aromatic carbocycles. The van der Waals surface area contributed by atoms with Crippen LogP contribution >= 0.6 is 0 Å². The molecule has 1 saturated heterocycles. The number of esters is 2. The fourth-order valence-electron chi connectivity index (χ4n) is 7.61. The molecule has 0 amide bonds. The molecule has 188 valence electrons. The smallest absolute Gasteiger partial charge is 0.308 e. The Morgan fingerprint density at radius 2 is 1.94 bits per heavy atom. The lowest BCUT2D eigenvalue weighted by atomic mass is 9.52.